The van der Waals surface area contributed by atoms with Gasteiger partial charge in [0, 0.05) is 30.7 Å². The van der Waals surface area contributed by atoms with Gasteiger partial charge in [-0.2, -0.15) is 0 Å². The topological polar surface area (TPSA) is 45.2 Å². The third-order valence-corrected chi connectivity index (χ3v) is 3.64. The van der Waals surface area contributed by atoms with Crippen molar-refractivity contribution in [2.75, 3.05) is 19.4 Å². The molecule has 0 bridgehead atoms. The summed E-state index contributed by atoms with van der Waals surface area (Å²) in [7, 11) is 3.49. The minimum atomic E-state index is -0.101. The van der Waals surface area contributed by atoms with Crippen LogP contribution in [0.15, 0.2) is 40.9 Å². The van der Waals surface area contributed by atoms with Crippen molar-refractivity contribution < 1.29 is 4.79 Å². The standard InChI is InChI=1S/C15H15BrClN3O/c1-18-14-8-11(7-13(17)19-14)15(21)20(2)9-10-4-3-5-12(16)6-10/h3-8H,9H2,1-2H3,(H,18,19). The Morgan fingerprint density at radius 3 is 2.81 bits per heavy atom. The van der Waals surface area contributed by atoms with Gasteiger partial charge < -0.3 is 10.2 Å². The van der Waals surface area contributed by atoms with Crippen molar-refractivity contribution in [2.45, 2.75) is 6.54 Å². The number of pyridine rings is 1. The molecule has 0 spiro atoms. The fraction of sp³-hybridized carbons (Fsp3) is 0.200. The predicted octanol–water partition coefficient (Wildman–Crippen LogP) is 3.81. The molecule has 0 aliphatic carbocycles. The average Bonchev–Trinajstić information content (AvgIpc) is 2.45. The first-order valence-corrected chi connectivity index (χ1v) is 7.52. The molecular formula is C15H15BrClN3O. The number of anilines is 1. The van der Waals surface area contributed by atoms with Gasteiger partial charge in [0.2, 0.25) is 0 Å². The molecule has 0 atom stereocenters. The Labute approximate surface area is 137 Å². The maximum absolute atomic E-state index is 12.5. The number of nitrogens with zero attached hydrogens (tertiary/aromatic N) is 2. The summed E-state index contributed by atoms with van der Waals surface area (Å²) in [6, 6.07) is 11.1. The van der Waals surface area contributed by atoms with Gasteiger partial charge in [-0.05, 0) is 29.8 Å². The molecule has 0 aliphatic rings. The van der Waals surface area contributed by atoms with Gasteiger partial charge in [-0.15, -0.1) is 0 Å². The predicted molar refractivity (Wildman–Crippen MR) is 88.7 cm³/mol. The Hall–Kier alpha value is -1.59. The van der Waals surface area contributed by atoms with E-state index in [0.29, 0.717) is 23.1 Å². The molecule has 0 aliphatic heterocycles. The maximum Gasteiger partial charge on any atom is 0.254 e. The van der Waals surface area contributed by atoms with Gasteiger partial charge in [-0.1, -0.05) is 39.7 Å². The average molecular weight is 369 g/mol. The van der Waals surface area contributed by atoms with Crippen LogP contribution in [-0.4, -0.2) is 29.9 Å². The number of halogens is 2. The Morgan fingerprint density at radius 2 is 2.14 bits per heavy atom. The number of amides is 1. The highest BCUT2D eigenvalue weighted by molar-refractivity contribution is 9.10. The molecule has 0 saturated carbocycles. The van der Waals surface area contributed by atoms with Crippen molar-refractivity contribution in [3.63, 3.8) is 0 Å². The molecule has 2 rings (SSSR count). The summed E-state index contributed by atoms with van der Waals surface area (Å²) in [5.74, 6) is 0.470. The van der Waals surface area contributed by atoms with Crippen LogP contribution >= 0.6 is 27.5 Å². The number of hydrogen-bond acceptors (Lipinski definition) is 3. The Balaban J connectivity index is 2.17. The van der Waals surface area contributed by atoms with Crippen LogP contribution in [0, 0.1) is 0 Å². The first-order chi connectivity index (χ1) is 9.99. The minimum Gasteiger partial charge on any atom is -0.373 e. The van der Waals surface area contributed by atoms with Crippen molar-refractivity contribution in [3.8, 4) is 0 Å². The molecule has 21 heavy (non-hydrogen) atoms. The van der Waals surface area contributed by atoms with Gasteiger partial charge in [0.15, 0.2) is 0 Å². The second kappa shape index (κ2) is 6.91. The van der Waals surface area contributed by atoms with E-state index in [9.17, 15) is 4.79 Å². The van der Waals surface area contributed by atoms with Crippen LogP contribution in [0.5, 0.6) is 0 Å². The van der Waals surface area contributed by atoms with Gasteiger partial charge >= 0.3 is 0 Å². The molecule has 1 aromatic heterocycles. The number of carbonyl (C=O) groups is 1. The van der Waals surface area contributed by atoms with Crippen molar-refractivity contribution in [2.24, 2.45) is 0 Å². The van der Waals surface area contributed by atoms with Gasteiger partial charge in [-0.25, -0.2) is 4.98 Å². The molecular weight excluding hydrogens is 354 g/mol. The molecule has 1 heterocycles. The van der Waals surface area contributed by atoms with Gasteiger partial charge in [0.1, 0.15) is 11.0 Å². The molecule has 6 heteroatoms. The summed E-state index contributed by atoms with van der Waals surface area (Å²) in [5.41, 5.74) is 1.56. The summed E-state index contributed by atoms with van der Waals surface area (Å²) in [4.78, 5) is 18.2. The van der Waals surface area contributed by atoms with Crippen LogP contribution in [0.25, 0.3) is 0 Å². The molecule has 0 unspecified atom stereocenters. The molecule has 0 radical (unpaired) electrons. The molecule has 0 saturated heterocycles. The Kier molecular flexibility index (Phi) is 5.20. The zero-order valence-corrected chi connectivity index (χ0v) is 14.1. The van der Waals surface area contributed by atoms with Crippen molar-refractivity contribution in [1.29, 1.82) is 0 Å². The van der Waals surface area contributed by atoms with E-state index in [0.717, 1.165) is 10.0 Å². The van der Waals surface area contributed by atoms with E-state index in [4.69, 9.17) is 11.6 Å². The molecule has 4 nitrogen and oxygen atoms in total. The molecule has 1 amide bonds. The summed E-state index contributed by atoms with van der Waals surface area (Å²) in [6.45, 7) is 0.521. The van der Waals surface area contributed by atoms with Crippen molar-refractivity contribution in [1.82, 2.24) is 9.88 Å². The second-order valence-corrected chi connectivity index (χ2v) is 5.91. The fourth-order valence-corrected chi connectivity index (χ4v) is 2.61. The first kappa shape index (κ1) is 15.8. The smallest absolute Gasteiger partial charge is 0.254 e. The summed E-state index contributed by atoms with van der Waals surface area (Å²) in [6.07, 6.45) is 0. The van der Waals surface area contributed by atoms with E-state index in [1.807, 2.05) is 24.3 Å². The molecule has 1 aromatic carbocycles. The SMILES string of the molecule is CNc1cc(C(=O)N(C)Cc2cccc(Br)c2)cc(Cl)n1. The lowest BCUT2D eigenvalue weighted by Gasteiger charge is -2.18. The van der Waals surface area contributed by atoms with Crippen LogP contribution in [0.2, 0.25) is 5.15 Å². The largest absolute Gasteiger partial charge is 0.373 e. The van der Waals surface area contributed by atoms with E-state index in [1.165, 1.54) is 0 Å². The molecule has 2 aromatic rings. The number of benzene rings is 1. The normalized spacial score (nSPS) is 10.3. The molecule has 110 valence electrons. The number of hydrogen-bond donors (Lipinski definition) is 1. The van der Waals surface area contributed by atoms with Gasteiger partial charge in [-0.3, -0.25) is 4.79 Å². The van der Waals surface area contributed by atoms with Gasteiger partial charge in [0.05, 0.1) is 0 Å². The highest BCUT2D eigenvalue weighted by atomic mass is 79.9. The number of nitrogens with one attached hydrogen (secondary N) is 1. The Morgan fingerprint density at radius 1 is 1.38 bits per heavy atom. The maximum atomic E-state index is 12.5. The lowest BCUT2D eigenvalue weighted by Crippen LogP contribution is -2.26. The third kappa shape index (κ3) is 4.19. The highest BCUT2D eigenvalue weighted by Crippen LogP contribution is 2.17. The minimum absolute atomic E-state index is 0.101. The van der Waals surface area contributed by atoms with E-state index in [1.54, 1.807) is 31.1 Å². The first-order valence-electron chi connectivity index (χ1n) is 6.35. The summed E-state index contributed by atoms with van der Waals surface area (Å²) < 4.78 is 0.991. The zero-order valence-electron chi connectivity index (χ0n) is 11.7. The van der Waals surface area contributed by atoms with Crippen LogP contribution < -0.4 is 5.32 Å². The van der Waals surface area contributed by atoms with Crippen molar-refractivity contribution >= 4 is 39.3 Å². The molecule has 0 fully saturated rings. The summed E-state index contributed by atoms with van der Waals surface area (Å²) >= 11 is 9.36. The number of aromatic nitrogens is 1. The monoisotopic (exact) mass is 367 g/mol. The number of carbonyl (C=O) groups excluding carboxylic acids is 1. The van der Waals surface area contributed by atoms with Crippen molar-refractivity contribution in [3.05, 3.63) is 57.2 Å². The van der Waals surface area contributed by atoms with Crippen LogP contribution in [0.3, 0.4) is 0 Å². The fourth-order valence-electron chi connectivity index (χ4n) is 1.95. The van der Waals surface area contributed by atoms with E-state index >= 15 is 0 Å². The molecule has 1 N–H and O–H groups in total. The van der Waals surface area contributed by atoms with E-state index in [2.05, 4.69) is 26.2 Å². The lowest BCUT2D eigenvalue weighted by molar-refractivity contribution is 0.0785. The second-order valence-electron chi connectivity index (χ2n) is 4.60. The zero-order chi connectivity index (χ0) is 15.4. The quantitative estimate of drug-likeness (QED) is 0.835. The van der Waals surface area contributed by atoms with Crippen LogP contribution in [-0.2, 0) is 6.54 Å². The highest BCUT2D eigenvalue weighted by Gasteiger charge is 2.14. The van der Waals surface area contributed by atoms with E-state index < -0.39 is 0 Å². The van der Waals surface area contributed by atoms with Crippen LogP contribution in [0.4, 0.5) is 5.82 Å². The summed E-state index contributed by atoms with van der Waals surface area (Å²) in [5, 5.41) is 3.18. The lowest BCUT2D eigenvalue weighted by atomic mass is 10.2. The third-order valence-electron chi connectivity index (χ3n) is 2.95. The number of rotatable bonds is 4. The van der Waals surface area contributed by atoms with Crippen LogP contribution in [0.1, 0.15) is 15.9 Å². The Bertz CT molecular complexity index is 663. The van der Waals surface area contributed by atoms with E-state index in [-0.39, 0.29) is 5.91 Å². The van der Waals surface area contributed by atoms with Gasteiger partial charge in [0.25, 0.3) is 5.91 Å².